The van der Waals surface area contributed by atoms with Crippen molar-refractivity contribution >= 4 is 5.82 Å². The number of nitrogens with zero attached hydrogens (tertiary/aromatic N) is 2. The van der Waals surface area contributed by atoms with Crippen LogP contribution >= 0.6 is 0 Å². The van der Waals surface area contributed by atoms with Crippen molar-refractivity contribution in [2.45, 2.75) is 6.92 Å². The summed E-state index contributed by atoms with van der Waals surface area (Å²) in [4.78, 5) is 0. The fourth-order valence-corrected chi connectivity index (χ4v) is 1.25. The van der Waals surface area contributed by atoms with Crippen molar-refractivity contribution in [1.82, 2.24) is 10.2 Å². The van der Waals surface area contributed by atoms with Gasteiger partial charge < -0.3 is 10.1 Å². The van der Waals surface area contributed by atoms with Crippen LogP contribution in [0.25, 0.3) is 0 Å². The van der Waals surface area contributed by atoms with Gasteiger partial charge in [-0.05, 0) is 12.1 Å². The van der Waals surface area contributed by atoms with E-state index in [1.54, 1.807) is 6.20 Å². The smallest absolute Gasteiger partial charge is 0.148 e. The SMILES string of the molecule is CC1(CNc2cccnn2)COC1. The van der Waals surface area contributed by atoms with Crippen LogP contribution in [0.2, 0.25) is 0 Å². The maximum Gasteiger partial charge on any atom is 0.148 e. The lowest BCUT2D eigenvalue weighted by Crippen LogP contribution is -2.45. The van der Waals surface area contributed by atoms with Gasteiger partial charge in [-0.3, -0.25) is 0 Å². The van der Waals surface area contributed by atoms with Gasteiger partial charge in [0.1, 0.15) is 5.82 Å². The maximum absolute atomic E-state index is 5.15. The first-order chi connectivity index (χ1) is 6.29. The van der Waals surface area contributed by atoms with Crippen LogP contribution in [0, 0.1) is 5.41 Å². The van der Waals surface area contributed by atoms with E-state index in [1.807, 2.05) is 12.1 Å². The van der Waals surface area contributed by atoms with E-state index in [2.05, 4.69) is 22.4 Å². The summed E-state index contributed by atoms with van der Waals surface area (Å²) < 4.78 is 5.15. The molecule has 1 fully saturated rings. The van der Waals surface area contributed by atoms with E-state index in [-0.39, 0.29) is 5.41 Å². The third-order valence-corrected chi connectivity index (χ3v) is 2.17. The van der Waals surface area contributed by atoms with Crippen molar-refractivity contribution < 1.29 is 4.74 Å². The van der Waals surface area contributed by atoms with E-state index >= 15 is 0 Å². The zero-order valence-corrected chi connectivity index (χ0v) is 7.66. The van der Waals surface area contributed by atoms with Gasteiger partial charge in [-0.15, -0.1) is 5.10 Å². The second-order valence-electron chi connectivity index (χ2n) is 3.77. The van der Waals surface area contributed by atoms with Gasteiger partial charge in [0.15, 0.2) is 0 Å². The summed E-state index contributed by atoms with van der Waals surface area (Å²) in [5.41, 5.74) is 0.275. The molecule has 0 saturated carbocycles. The minimum absolute atomic E-state index is 0.275. The van der Waals surface area contributed by atoms with Crippen LogP contribution in [0.5, 0.6) is 0 Å². The summed E-state index contributed by atoms with van der Waals surface area (Å²) in [6.07, 6.45) is 1.67. The average molecular weight is 179 g/mol. The molecule has 1 aliphatic heterocycles. The fourth-order valence-electron chi connectivity index (χ4n) is 1.25. The van der Waals surface area contributed by atoms with Gasteiger partial charge >= 0.3 is 0 Å². The Balaban J connectivity index is 1.86. The van der Waals surface area contributed by atoms with E-state index in [9.17, 15) is 0 Å². The number of hydrogen-bond donors (Lipinski definition) is 1. The van der Waals surface area contributed by atoms with Crippen LogP contribution in [-0.4, -0.2) is 30.0 Å². The lowest BCUT2D eigenvalue weighted by Gasteiger charge is -2.38. The highest BCUT2D eigenvalue weighted by Crippen LogP contribution is 2.26. The summed E-state index contributed by atoms with van der Waals surface area (Å²) in [6.45, 7) is 4.76. The molecule has 0 spiro atoms. The summed E-state index contributed by atoms with van der Waals surface area (Å²) in [7, 11) is 0. The van der Waals surface area contributed by atoms with Crippen molar-refractivity contribution in [2.24, 2.45) is 5.41 Å². The first kappa shape index (κ1) is 8.44. The van der Waals surface area contributed by atoms with Crippen molar-refractivity contribution in [3.63, 3.8) is 0 Å². The van der Waals surface area contributed by atoms with E-state index in [0.29, 0.717) is 0 Å². The molecule has 0 bridgehead atoms. The van der Waals surface area contributed by atoms with Crippen molar-refractivity contribution in [1.29, 1.82) is 0 Å². The van der Waals surface area contributed by atoms with Crippen molar-refractivity contribution in [3.05, 3.63) is 18.3 Å². The molecule has 0 atom stereocenters. The van der Waals surface area contributed by atoms with E-state index in [1.165, 1.54) is 0 Å². The first-order valence-electron chi connectivity index (χ1n) is 4.38. The molecule has 0 unspecified atom stereocenters. The van der Waals surface area contributed by atoms with Gasteiger partial charge in [-0.25, -0.2) is 0 Å². The van der Waals surface area contributed by atoms with E-state index in [0.717, 1.165) is 25.6 Å². The minimum Gasteiger partial charge on any atom is -0.380 e. The number of hydrogen-bond acceptors (Lipinski definition) is 4. The lowest BCUT2D eigenvalue weighted by molar-refractivity contribution is -0.0924. The Bertz CT molecular complexity index is 271. The number of anilines is 1. The molecule has 0 aromatic carbocycles. The molecule has 4 heteroatoms. The molecule has 2 rings (SSSR count). The molecule has 1 N–H and O–H groups in total. The van der Waals surface area contributed by atoms with Crippen LogP contribution in [-0.2, 0) is 4.74 Å². The Kier molecular flexibility index (Phi) is 2.14. The lowest BCUT2D eigenvalue weighted by atomic mass is 9.89. The van der Waals surface area contributed by atoms with Crippen LogP contribution in [0.3, 0.4) is 0 Å². The van der Waals surface area contributed by atoms with Crippen LogP contribution in [0.4, 0.5) is 5.82 Å². The zero-order chi connectivity index (χ0) is 9.15. The Morgan fingerprint density at radius 2 is 2.46 bits per heavy atom. The molecule has 70 valence electrons. The molecule has 2 heterocycles. The molecule has 0 aliphatic carbocycles. The summed E-state index contributed by atoms with van der Waals surface area (Å²) in [6, 6.07) is 3.78. The second kappa shape index (κ2) is 3.30. The number of rotatable bonds is 3. The molecule has 1 saturated heterocycles. The van der Waals surface area contributed by atoms with Crippen LogP contribution in [0.1, 0.15) is 6.92 Å². The van der Waals surface area contributed by atoms with Gasteiger partial charge in [0.25, 0.3) is 0 Å². The molecule has 0 radical (unpaired) electrons. The van der Waals surface area contributed by atoms with E-state index in [4.69, 9.17) is 4.74 Å². The molecule has 1 aromatic heterocycles. The second-order valence-corrected chi connectivity index (χ2v) is 3.77. The largest absolute Gasteiger partial charge is 0.380 e. The van der Waals surface area contributed by atoms with Gasteiger partial charge in [-0.2, -0.15) is 5.10 Å². The highest BCUT2D eigenvalue weighted by atomic mass is 16.5. The topological polar surface area (TPSA) is 47.0 Å². The zero-order valence-electron chi connectivity index (χ0n) is 7.66. The first-order valence-corrected chi connectivity index (χ1v) is 4.38. The molecule has 1 aromatic rings. The van der Waals surface area contributed by atoms with Crippen LogP contribution < -0.4 is 5.32 Å². The van der Waals surface area contributed by atoms with Crippen molar-refractivity contribution in [3.8, 4) is 0 Å². The van der Waals surface area contributed by atoms with Crippen LogP contribution in [0.15, 0.2) is 18.3 Å². The predicted molar refractivity (Wildman–Crippen MR) is 49.4 cm³/mol. The van der Waals surface area contributed by atoms with Gasteiger partial charge in [0.2, 0.25) is 0 Å². The monoisotopic (exact) mass is 179 g/mol. The average Bonchev–Trinajstić information content (AvgIpc) is 2.13. The predicted octanol–water partition coefficient (Wildman–Crippen LogP) is 0.925. The molecular formula is C9H13N3O. The molecule has 0 amide bonds. The molecular weight excluding hydrogens is 166 g/mol. The third kappa shape index (κ3) is 1.95. The van der Waals surface area contributed by atoms with Gasteiger partial charge in [0, 0.05) is 18.2 Å². The Morgan fingerprint density at radius 1 is 1.62 bits per heavy atom. The highest BCUT2D eigenvalue weighted by Gasteiger charge is 2.32. The Hall–Kier alpha value is -1.16. The Morgan fingerprint density at radius 3 is 3.00 bits per heavy atom. The quantitative estimate of drug-likeness (QED) is 0.749. The number of aromatic nitrogens is 2. The molecule has 13 heavy (non-hydrogen) atoms. The fraction of sp³-hybridized carbons (Fsp3) is 0.556. The maximum atomic E-state index is 5.15. The van der Waals surface area contributed by atoms with Gasteiger partial charge in [0.05, 0.1) is 13.2 Å². The summed E-state index contributed by atoms with van der Waals surface area (Å²) in [5.74, 6) is 0.829. The number of ether oxygens (including phenoxy) is 1. The summed E-state index contributed by atoms with van der Waals surface area (Å²) >= 11 is 0. The molecule has 4 nitrogen and oxygen atoms in total. The highest BCUT2D eigenvalue weighted by molar-refractivity contribution is 5.31. The summed E-state index contributed by atoms with van der Waals surface area (Å²) in [5, 5.41) is 11.0. The van der Waals surface area contributed by atoms with Gasteiger partial charge in [-0.1, -0.05) is 6.92 Å². The molecule has 1 aliphatic rings. The van der Waals surface area contributed by atoms with E-state index < -0.39 is 0 Å². The van der Waals surface area contributed by atoms with Crippen molar-refractivity contribution in [2.75, 3.05) is 25.1 Å². The standard InChI is InChI=1S/C9H13N3O/c1-9(6-13-7-9)5-10-8-3-2-4-11-12-8/h2-4H,5-7H2,1H3,(H,10,12). The minimum atomic E-state index is 0.275. The third-order valence-electron chi connectivity index (χ3n) is 2.17. The normalized spacial score (nSPS) is 19.2. The Labute approximate surface area is 77.3 Å². The number of nitrogens with one attached hydrogen (secondary N) is 1.